The molecule has 28 heavy (non-hydrogen) atoms. The molecule has 4 aromatic rings. The van der Waals surface area contributed by atoms with E-state index in [2.05, 4.69) is 15.0 Å². The van der Waals surface area contributed by atoms with Crippen LogP contribution in [-0.4, -0.2) is 23.0 Å². The summed E-state index contributed by atoms with van der Waals surface area (Å²) in [5.41, 5.74) is 5.00. The average molecular weight is 370 g/mol. The lowest BCUT2D eigenvalue weighted by Crippen LogP contribution is -2.03. The average Bonchev–Trinajstić information content (AvgIpc) is 3.05. The van der Waals surface area contributed by atoms with Crippen molar-refractivity contribution >= 4 is 39.8 Å². The van der Waals surface area contributed by atoms with Gasteiger partial charge in [0, 0.05) is 39.9 Å². The number of hydrogen-bond donors (Lipinski definition) is 1. The minimum atomic E-state index is -0.469. The molecular formula is C23H18N2O3. The fraction of sp³-hybridized carbons (Fsp3) is 0.0870. The third kappa shape index (κ3) is 3.30. The van der Waals surface area contributed by atoms with E-state index in [1.54, 1.807) is 0 Å². The number of aryl methyl sites for hydroxylation is 1. The summed E-state index contributed by atoms with van der Waals surface area (Å²) in [7, 11) is 0. The number of carbonyl (C=O) groups excluding carboxylic acids is 2. The Bertz CT molecular complexity index is 1250. The Morgan fingerprint density at radius 2 is 1.68 bits per heavy atom. The molecular weight excluding hydrogens is 352 g/mol. The van der Waals surface area contributed by atoms with Gasteiger partial charge in [0.15, 0.2) is 5.78 Å². The summed E-state index contributed by atoms with van der Waals surface area (Å²) >= 11 is 0. The van der Waals surface area contributed by atoms with Gasteiger partial charge in [-0.15, -0.1) is 0 Å². The molecule has 3 aromatic carbocycles. The Balaban J connectivity index is 1.78. The molecule has 1 N–H and O–H groups in total. The van der Waals surface area contributed by atoms with Crippen LogP contribution in [-0.2, 0) is 9.63 Å². The lowest BCUT2D eigenvalue weighted by atomic mass is 9.98. The van der Waals surface area contributed by atoms with Gasteiger partial charge in [0.05, 0.1) is 6.21 Å². The molecule has 0 aliphatic heterocycles. The van der Waals surface area contributed by atoms with Crippen LogP contribution in [0.25, 0.3) is 21.8 Å². The van der Waals surface area contributed by atoms with Crippen LogP contribution in [0.2, 0.25) is 0 Å². The zero-order valence-electron chi connectivity index (χ0n) is 15.5. The van der Waals surface area contributed by atoms with Gasteiger partial charge in [-0.05, 0) is 48.4 Å². The van der Waals surface area contributed by atoms with Crippen molar-refractivity contribution in [3.63, 3.8) is 0 Å². The third-order valence-corrected chi connectivity index (χ3v) is 4.66. The first kappa shape index (κ1) is 17.7. The standard InChI is InChI=1S/C23H18N2O3/c1-14-5-3-4-6-18(14)23(27)17-8-10-22-20(12-17)19-11-16(7-9-21(19)25-22)13-24-28-15(2)26/h3-13,25H,1-2H3/b24-13-. The summed E-state index contributed by atoms with van der Waals surface area (Å²) < 4.78 is 0. The van der Waals surface area contributed by atoms with E-state index < -0.39 is 5.97 Å². The topological polar surface area (TPSA) is 71.5 Å². The number of carbonyl (C=O) groups is 2. The van der Waals surface area contributed by atoms with Gasteiger partial charge in [-0.3, -0.25) is 4.79 Å². The summed E-state index contributed by atoms with van der Waals surface area (Å²) in [6.07, 6.45) is 1.49. The van der Waals surface area contributed by atoms with E-state index in [9.17, 15) is 9.59 Å². The lowest BCUT2D eigenvalue weighted by Gasteiger charge is -2.05. The molecule has 138 valence electrons. The molecule has 0 amide bonds. The number of nitrogens with zero attached hydrogens (tertiary/aromatic N) is 1. The maximum absolute atomic E-state index is 13.0. The smallest absolute Gasteiger partial charge is 0.331 e. The largest absolute Gasteiger partial charge is 0.355 e. The number of aromatic nitrogens is 1. The Kier molecular flexibility index (Phi) is 4.49. The molecule has 0 saturated heterocycles. The van der Waals surface area contributed by atoms with Crippen molar-refractivity contribution in [1.82, 2.24) is 4.98 Å². The fourth-order valence-electron chi connectivity index (χ4n) is 3.28. The first-order valence-electron chi connectivity index (χ1n) is 8.90. The summed E-state index contributed by atoms with van der Waals surface area (Å²) in [4.78, 5) is 31.8. The van der Waals surface area contributed by atoms with E-state index >= 15 is 0 Å². The van der Waals surface area contributed by atoms with E-state index in [1.165, 1.54) is 13.1 Å². The number of rotatable bonds is 4. The van der Waals surface area contributed by atoms with Crippen molar-refractivity contribution in [2.75, 3.05) is 0 Å². The molecule has 5 heteroatoms. The molecule has 0 radical (unpaired) electrons. The first-order chi connectivity index (χ1) is 13.5. The van der Waals surface area contributed by atoms with Gasteiger partial charge in [0.1, 0.15) is 0 Å². The SMILES string of the molecule is CC(=O)O/N=C\c1ccc2[nH]c3ccc(C(=O)c4ccccc4C)cc3c2c1. The minimum absolute atomic E-state index is 0.00178. The number of oxime groups is 1. The van der Waals surface area contributed by atoms with Gasteiger partial charge in [-0.25, -0.2) is 4.79 Å². The number of nitrogens with one attached hydrogen (secondary N) is 1. The van der Waals surface area contributed by atoms with Gasteiger partial charge >= 0.3 is 5.97 Å². The van der Waals surface area contributed by atoms with Crippen molar-refractivity contribution in [1.29, 1.82) is 0 Å². The molecule has 4 rings (SSSR count). The molecule has 0 fully saturated rings. The van der Waals surface area contributed by atoms with Crippen LogP contribution in [0.1, 0.15) is 34.0 Å². The maximum atomic E-state index is 13.0. The molecule has 5 nitrogen and oxygen atoms in total. The van der Waals surface area contributed by atoms with Crippen LogP contribution in [0.5, 0.6) is 0 Å². The van der Waals surface area contributed by atoms with Crippen LogP contribution < -0.4 is 0 Å². The lowest BCUT2D eigenvalue weighted by molar-refractivity contribution is -0.140. The number of H-pyrrole nitrogens is 1. The van der Waals surface area contributed by atoms with Crippen LogP contribution >= 0.6 is 0 Å². The van der Waals surface area contributed by atoms with Crippen molar-refractivity contribution in [3.8, 4) is 0 Å². The van der Waals surface area contributed by atoms with Crippen molar-refractivity contribution < 1.29 is 14.4 Å². The molecule has 0 spiro atoms. The molecule has 0 atom stereocenters. The molecule has 1 aromatic heterocycles. The fourth-order valence-corrected chi connectivity index (χ4v) is 3.28. The van der Waals surface area contributed by atoms with Crippen molar-refractivity contribution in [2.45, 2.75) is 13.8 Å². The number of ketones is 1. The zero-order chi connectivity index (χ0) is 19.7. The van der Waals surface area contributed by atoms with Crippen LogP contribution in [0.3, 0.4) is 0 Å². The van der Waals surface area contributed by atoms with Gasteiger partial charge < -0.3 is 9.82 Å². The Labute approximate surface area is 161 Å². The van der Waals surface area contributed by atoms with Gasteiger partial charge in [-0.2, -0.15) is 0 Å². The Hall–Kier alpha value is -3.73. The minimum Gasteiger partial charge on any atom is -0.355 e. The van der Waals surface area contributed by atoms with Crippen LogP contribution in [0.4, 0.5) is 0 Å². The van der Waals surface area contributed by atoms with E-state index in [0.717, 1.165) is 32.9 Å². The third-order valence-electron chi connectivity index (χ3n) is 4.66. The predicted octanol–water partition coefficient (Wildman–Crippen LogP) is 4.76. The number of fused-ring (bicyclic) bond motifs is 3. The normalized spacial score (nSPS) is 11.4. The number of benzene rings is 3. The van der Waals surface area contributed by atoms with Crippen LogP contribution in [0.15, 0.2) is 65.8 Å². The molecule has 1 heterocycles. The highest BCUT2D eigenvalue weighted by Gasteiger charge is 2.13. The monoisotopic (exact) mass is 370 g/mol. The summed E-state index contributed by atoms with van der Waals surface area (Å²) in [5.74, 6) is -0.467. The zero-order valence-corrected chi connectivity index (χ0v) is 15.5. The summed E-state index contributed by atoms with van der Waals surface area (Å²) in [6, 6.07) is 19.0. The van der Waals surface area contributed by atoms with E-state index in [1.807, 2.05) is 67.6 Å². The van der Waals surface area contributed by atoms with Gasteiger partial charge in [-0.1, -0.05) is 35.5 Å². The predicted molar refractivity (Wildman–Crippen MR) is 110 cm³/mol. The van der Waals surface area contributed by atoms with E-state index in [0.29, 0.717) is 11.1 Å². The number of aromatic amines is 1. The number of hydrogen-bond acceptors (Lipinski definition) is 4. The molecule has 0 aliphatic carbocycles. The second-order valence-electron chi connectivity index (χ2n) is 6.65. The van der Waals surface area contributed by atoms with Crippen LogP contribution in [0, 0.1) is 6.92 Å². The van der Waals surface area contributed by atoms with E-state index in [4.69, 9.17) is 0 Å². The second-order valence-corrected chi connectivity index (χ2v) is 6.65. The Morgan fingerprint density at radius 1 is 0.964 bits per heavy atom. The maximum Gasteiger partial charge on any atom is 0.331 e. The highest BCUT2D eigenvalue weighted by Crippen LogP contribution is 2.28. The molecule has 0 unspecified atom stereocenters. The second kappa shape index (κ2) is 7.12. The van der Waals surface area contributed by atoms with Gasteiger partial charge in [0.2, 0.25) is 0 Å². The van der Waals surface area contributed by atoms with Crippen molar-refractivity contribution in [3.05, 3.63) is 82.9 Å². The molecule has 0 saturated carbocycles. The van der Waals surface area contributed by atoms with Gasteiger partial charge in [0.25, 0.3) is 0 Å². The summed E-state index contributed by atoms with van der Waals surface area (Å²) in [6.45, 7) is 3.24. The van der Waals surface area contributed by atoms with Crippen molar-refractivity contribution in [2.24, 2.45) is 5.16 Å². The first-order valence-corrected chi connectivity index (χ1v) is 8.90. The molecule has 0 bridgehead atoms. The quantitative estimate of drug-likeness (QED) is 0.244. The highest BCUT2D eigenvalue weighted by atomic mass is 16.7. The Morgan fingerprint density at radius 3 is 2.43 bits per heavy atom. The molecule has 0 aliphatic rings. The van der Waals surface area contributed by atoms with E-state index in [-0.39, 0.29) is 5.78 Å². The highest BCUT2D eigenvalue weighted by molar-refractivity contribution is 6.15. The summed E-state index contributed by atoms with van der Waals surface area (Å²) in [5, 5.41) is 5.60.